The molecule has 3 rings (SSSR count). The maximum atomic E-state index is 5.56. The van der Waals surface area contributed by atoms with Gasteiger partial charge in [0.15, 0.2) is 0 Å². The van der Waals surface area contributed by atoms with Gasteiger partial charge in [0.1, 0.15) is 0 Å². The van der Waals surface area contributed by atoms with Gasteiger partial charge in [-0.3, -0.25) is 9.78 Å². The van der Waals surface area contributed by atoms with Crippen molar-refractivity contribution in [3.05, 3.63) is 60.0 Å². The molecule has 5 heteroatoms. The predicted molar refractivity (Wildman–Crippen MR) is 73.2 cm³/mol. The molecular weight excluding hydrogens is 238 g/mol. The van der Waals surface area contributed by atoms with Crippen LogP contribution in [0.1, 0.15) is 11.3 Å². The van der Waals surface area contributed by atoms with Crippen LogP contribution < -0.4 is 5.73 Å². The SMILES string of the molecule is NCc1cc(-c2cnn(Cc3ccccc3)c2)n[nH]1. The van der Waals surface area contributed by atoms with E-state index in [1.807, 2.05) is 41.3 Å². The van der Waals surface area contributed by atoms with Crippen LogP contribution in [0.25, 0.3) is 11.3 Å². The average Bonchev–Trinajstić information content (AvgIpc) is 3.08. The van der Waals surface area contributed by atoms with Crippen molar-refractivity contribution in [3.63, 3.8) is 0 Å². The Labute approximate surface area is 111 Å². The van der Waals surface area contributed by atoms with Crippen LogP contribution in [0.2, 0.25) is 0 Å². The van der Waals surface area contributed by atoms with Gasteiger partial charge in [-0.2, -0.15) is 10.2 Å². The Morgan fingerprint density at radius 2 is 2.05 bits per heavy atom. The first-order chi connectivity index (χ1) is 9.35. The molecule has 0 radical (unpaired) electrons. The molecule has 0 saturated heterocycles. The molecule has 2 aromatic heterocycles. The van der Waals surface area contributed by atoms with Crippen LogP contribution in [-0.2, 0) is 13.1 Å². The first-order valence-electron chi connectivity index (χ1n) is 6.16. The Hall–Kier alpha value is -2.40. The number of H-pyrrole nitrogens is 1. The number of aromatic amines is 1. The fraction of sp³-hybridized carbons (Fsp3) is 0.143. The molecule has 0 aliphatic heterocycles. The summed E-state index contributed by atoms with van der Waals surface area (Å²) in [6.45, 7) is 1.22. The molecule has 19 heavy (non-hydrogen) atoms. The number of benzene rings is 1. The van der Waals surface area contributed by atoms with Crippen molar-refractivity contribution < 1.29 is 0 Å². The van der Waals surface area contributed by atoms with Gasteiger partial charge in [0.05, 0.1) is 18.4 Å². The number of aromatic nitrogens is 4. The van der Waals surface area contributed by atoms with E-state index in [2.05, 4.69) is 27.4 Å². The maximum absolute atomic E-state index is 5.56. The molecule has 0 aliphatic carbocycles. The highest BCUT2D eigenvalue weighted by Crippen LogP contribution is 2.17. The van der Waals surface area contributed by atoms with E-state index in [9.17, 15) is 0 Å². The van der Waals surface area contributed by atoms with E-state index >= 15 is 0 Å². The van der Waals surface area contributed by atoms with E-state index in [-0.39, 0.29) is 0 Å². The molecular formula is C14H15N5. The largest absolute Gasteiger partial charge is 0.325 e. The van der Waals surface area contributed by atoms with Crippen LogP contribution in [0.4, 0.5) is 0 Å². The predicted octanol–water partition coefficient (Wildman–Crippen LogP) is 1.78. The van der Waals surface area contributed by atoms with Crippen LogP contribution in [0.15, 0.2) is 48.8 Å². The lowest BCUT2D eigenvalue weighted by Gasteiger charge is -2.00. The zero-order valence-electron chi connectivity index (χ0n) is 10.5. The average molecular weight is 253 g/mol. The minimum absolute atomic E-state index is 0.463. The number of rotatable bonds is 4. The molecule has 0 unspecified atom stereocenters. The molecule has 96 valence electrons. The van der Waals surface area contributed by atoms with Gasteiger partial charge in [-0.15, -0.1) is 0 Å². The lowest BCUT2D eigenvalue weighted by molar-refractivity contribution is 0.687. The summed E-state index contributed by atoms with van der Waals surface area (Å²) < 4.78 is 1.90. The summed E-state index contributed by atoms with van der Waals surface area (Å²) in [6.07, 6.45) is 3.81. The van der Waals surface area contributed by atoms with Gasteiger partial charge in [-0.1, -0.05) is 30.3 Å². The van der Waals surface area contributed by atoms with E-state index in [0.29, 0.717) is 6.54 Å². The normalized spacial score (nSPS) is 10.8. The number of nitrogens with one attached hydrogen (secondary N) is 1. The smallest absolute Gasteiger partial charge is 0.0955 e. The summed E-state index contributed by atoms with van der Waals surface area (Å²) in [5.41, 5.74) is 9.57. The molecule has 0 spiro atoms. The highest BCUT2D eigenvalue weighted by molar-refractivity contribution is 5.57. The third kappa shape index (κ3) is 2.56. The topological polar surface area (TPSA) is 72.5 Å². The Morgan fingerprint density at radius 1 is 1.21 bits per heavy atom. The van der Waals surface area contributed by atoms with Gasteiger partial charge in [-0.25, -0.2) is 0 Å². The Kier molecular flexibility index (Phi) is 3.12. The Balaban J connectivity index is 1.79. The first kappa shape index (κ1) is 11.7. The molecule has 0 fully saturated rings. The highest BCUT2D eigenvalue weighted by atomic mass is 15.3. The number of nitrogens with zero attached hydrogens (tertiary/aromatic N) is 3. The molecule has 3 aromatic rings. The Bertz CT molecular complexity index is 653. The van der Waals surface area contributed by atoms with E-state index in [1.165, 1.54) is 5.56 Å². The van der Waals surface area contributed by atoms with Gasteiger partial charge in [0, 0.05) is 24.0 Å². The first-order valence-corrected chi connectivity index (χ1v) is 6.16. The van der Waals surface area contributed by atoms with Gasteiger partial charge in [-0.05, 0) is 11.6 Å². The molecule has 5 nitrogen and oxygen atoms in total. The third-order valence-corrected chi connectivity index (χ3v) is 2.97. The molecule has 2 heterocycles. The molecule has 0 atom stereocenters. The van der Waals surface area contributed by atoms with Crippen LogP contribution >= 0.6 is 0 Å². The van der Waals surface area contributed by atoms with E-state index in [0.717, 1.165) is 23.5 Å². The van der Waals surface area contributed by atoms with Crippen molar-refractivity contribution in [2.45, 2.75) is 13.1 Å². The van der Waals surface area contributed by atoms with Crippen LogP contribution in [0, 0.1) is 0 Å². The number of nitrogens with two attached hydrogens (primary N) is 1. The Morgan fingerprint density at radius 3 is 2.79 bits per heavy atom. The van der Waals surface area contributed by atoms with Gasteiger partial charge in [0.25, 0.3) is 0 Å². The molecule has 1 aromatic carbocycles. The van der Waals surface area contributed by atoms with Crippen molar-refractivity contribution in [1.82, 2.24) is 20.0 Å². The van der Waals surface area contributed by atoms with Crippen molar-refractivity contribution in [2.75, 3.05) is 0 Å². The second-order valence-electron chi connectivity index (χ2n) is 4.39. The van der Waals surface area contributed by atoms with Crippen molar-refractivity contribution in [1.29, 1.82) is 0 Å². The lowest BCUT2D eigenvalue weighted by Crippen LogP contribution is -1.99. The van der Waals surface area contributed by atoms with Gasteiger partial charge < -0.3 is 5.73 Å². The van der Waals surface area contributed by atoms with Gasteiger partial charge >= 0.3 is 0 Å². The summed E-state index contributed by atoms with van der Waals surface area (Å²) in [5, 5.41) is 11.5. The molecule has 0 amide bonds. The van der Waals surface area contributed by atoms with Crippen LogP contribution in [-0.4, -0.2) is 20.0 Å². The number of hydrogen-bond acceptors (Lipinski definition) is 3. The second kappa shape index (κ2) is 5.07. The second-order valence-corrected chi connectivity index (χ2v) is 4.39. The van der Waals surface area contributed by atoms with Crippen LogP contribution in [0.5, 0.6) is 0 Å². The van der Waals surface area contributed by atoms with E-state index < -0.39 is 0 Å². The molecule has 0 bridgehead atoms. The monoisotopic (exact) mass is 253 g/mol. The van der Waals surface area contributed by atoms with Crippen molar-refractivity contribution in [2.24, 2.45) is 5.73 Å². The zero-order chi connectivity index (χ0) is 13.1. The summed E-state index contributed by atoms with van der Waals surface area (Å²) in [5.74, 6) is 0. The van der Waals surface area contributed by atoms with Crippen LogP contribution in [0.3, 0.4) is 0 Å². The minimum Gasteiger partial charge on any atom is -0.325 e. The summed E-state index contributed by atoms with van der Waals surface area (Å²) in [4.78, 5) is 0. The minimum atomic E-state index is 0.463. The van der Waals surface area contributed by atoms with Crippen molar-refractivity contribution >= 4 is 0 Å². The lowest BCUT2D eigenvalue weighted by atomic mass is 10.2. The highest BCUT2D eigenvalue weighted by Gasteiger charge is 2.06. The molecule has 0 aliphatic rings. The van der Waals surface area contributed by atoms with Gasteiger partial charge in [0.2, 0.25) is 0 Å². The summed E-state index contributed by atoms with van der Waals surface area (Å²) >= 11 is 0. The van der Waals surface area contributed by atoms with E-state index in [4.69, 9.17) is 5.73 Å². The summed E-state index contributed by atoms with van der Waals surface area (Å²) in [7, 11) is 0. The maximum Gasteiger partial charge on any atom is 0.0955 e. The molecule has 0 saturated carbocycles. The fourth-order valence-corrected chi connectivity index (χ4v) is 1.97. The fourth-order valence-electron chi connectivity index (χ4n) is 1.97. The van der Waals surface area contributed by atoms with Crippen molar-refractivity contribution in [3.8, 4) is 11.3 Å². The third-order valence-electron chi connectivity index (χ3n) is 2.97. The standard InChI is InChI=1S/C14H15N5/c15-7-13-6-14(18-17-13)12-8-16-19(10-12)9-11-4-2-1-3-5-11/h1-6,8,10H,7,9,15H2,(H,17,18). The number of hydrogen-bond donors (Lipinski definition) is 2. The van der Waals surface area contributed by atoms with E-state index in [1.54, 1.807) is 0 Å². The molecule has 3 N–H and O–H groups in total. The zero-order valence-corrected chi connectivity index (χ0v) is 10.5. The summed E-state index contributed by atoms with van der Waals surface area (Å²) in [6, 6.07) is 12.2. The quantitative estimate of drug-likeness (QED) is 0.744.